The van der Waals surface area contributed by atoms with Crippen LogP contribution in [0, 0.1) is 6.92 Å². The lowest BCUT2D eigenvalue weighted by Gasteiger charge is -2.16. The fourth-order valence-corrected chi connectivity index (χ4v) is 2.44. The molecule has 0 aliphatic carbocycles. The number of amides is 1. The Labute approximate surface area is 125 Å². The third-order valence-corrected chi connectivity index (χ3v) is 3.47. The van der Waals surface area contributed by atoms with Gasteiger partial charge < -0.3 is 14.8 Å². The van der Waals surface area contributed by atoms with E-state index in [9.17, 15) is 4.79 Å². The van der Waals surface area contributed by atoms with Gasteiger partial charge in [0.1, 0.15) is 0 Å². The summed E-state index contributed by atoms with van der Waals surface area (Å²) in [4.78, 5) is 11.8. The highest BCUT2D eigenvalue weighted by atomic mass is 32.2. The number of anilines is 1. The number of hydrogen-bond acceptors (Lipinski definition) is 4. The molecule has 0 atom stereocenters. The number of rotatable bonds is 9. The highest BCUT2D eigenvalue weighted by Crippen LogP contribution is 2.12. The van der Waals surface area contributed by atoms with E-state index in [1.165, 1.54) is 11.8 Å². The molecule has 1 rings (SSSR count). The number of nitrogens with one attached hydrogen (secondary N) is 1. The van der Waals surface area contributed by atoms with Gasteiger partial charge in [-0.25, -0.2) is 0 Å². The SMILES string of the molecule is CCOC(CSCC(=O)Nc1cccc(C)c1)OCC. The largest absolute Gasteiger partial charge is 0.352 e. The second-order valence-corrected chi connectivity index (χ2v) is 5.30. The maximum Gasteiger partial charge on any atom is 0.234 e. The van der Waals surface area contributed by atoms with Crippen molar-refractivity contribution in [2.24, 2.45) is 0 Å². The van der Waals surface area contributed by atoms with E-state index in [0.29, 0.717) is 24.7 Å². The van der Waals surface area contributed by atoms with Crippen LogP contribution in [-0.4, -0.2) is 36.9 Å². The van der Waals surface area contributed by atoms with Gasteiger partial charge in [-0.05, 0) is 38.5 Å². The molecule has 0 bridgehead atoms. The number of thioether (sulfide) groups is 1. The lowest BCUT2D eigenvalue weighted by atomic mass is 10.2. The lowest BCUT2D eigenvalue weighted by molar-refractivity contribution is -0.120. The first-order chi connectivity index (χ1) is 9.65. The van der Waals surface area contributed by atoms with Crippen molar-refractivity contribution in [3.63, 3.8) is 0 Å². The third kappa shape index (κ3) is 6.93. The van der Waals surface area contributed by atoms with E-state index in [1.54, 1.807) is 0 Å². The third-order valence-electron chi connectivity index (χ3n) is 2.49. The van der Waals surface area contributed by atoms with E-state index in [2.05, 4.69) is 5.32 Å². The highest BCUT2D eigenvalue weighted by molar-refractivity contribution is 8.00. The van der Waals surface area contributed by atoms with Gasteiger partial charge in [0.25, 0.3) is 0 Å². The number of benzene rings is 1. The summed E-state index contributed by atoms with van der Waals surface area (Å²) in [6, 6.07) is 7.77. The Hall–Kier alpha value is -1.04. The van der Waals surface area contributed by atoms with E-state index in [1.807, 2.05) is 45.0 Å². The minimum absolute atomic E-state index is 0.00709. The summed E-state index contributed by atoms with van der Waals surface area (Å²) >= 11 is 1.51. The molecule has 1 aromatic carbocycles. The maximum absolute atomic E-state index is 11.8. The molecular formula is C15H23NO3S. The smallest absolute Gasteiger partial charge is 0.234 e. The zero-order valence-electron chi connectivity index (χ0n) is 12.3. The van der Waals surface area contributed by atoms with Crippen molar-refractivity contribution in [1.29, 1.82) is 0 Å². The molecule has 0 fully saturated rings. The summed E-state index contributed by atoms with van der Waals surface area (Å²) in [5.41, 5.74) is 1.96. The molecule has 4 nitrogen and oxygen atoms in total. The predicted molar refractivity (Wildman–Crippen MR) is 84.2 cm³/mol. The second kappa shape index (κ2) is 9.80. The molecule has 0 radical (unpaired) electrons. The van der Waals surface area contributed by atoms with Gasteiger partial charge in [-0.1, -0.05) is 12.1 Å². The van der Waals surface area contributed by atoms with Gasteiger partial charge in [0, 0.05) is 24.7 Å². The number of ether oxygens (including phenoxy) is 2. The summed E-state index contributed by atoms with van der Waals surface area (Å²) in [6.45, 7) is 7.09. The Morgan fingerprint density at radius 3 is 2.60 bits per heavy atom. The number of hydrogen-bond donors (Lipinski definition) is 1. The van der Waals surface area contributed by atoms with Crippen LogP contribution in [0.2, 0.25) is 0 Å². The average Bonchev–Trinajstić information content (AvgIpc) is 2.39. The first-order valence-electron chi connectivity index (χ1n) is 6.83. The minimum atomic E-state index is -0.234. The number of carbonyl (C=O) groups excluding carboxylic acids is 1. The van der Waals surface area contributed by atoms with Crippen LogP contribution in [0.25, 0.3) is 0 Å². The van der Waals surface area contributed by atoms with E-state index in [4.69, 9.17) is 9.47 Å². The van der Waals surface area contributed by atoms with Gasteiger partial charge in [-0.2, -0.15) is 0 Å². The first-order valence-corrected chi connectivity index (χ1v) is 7.98. The average molecular weight is 297 g/mol. The fourth-order valence-electron chi connectivity index (χ4n) is 1.68. The standard InChI is InChI=1S/C15H23NO3S/c1-4-18-15(19-5-2)11-20-10-14(17)16-13-8-6-7-12(3)9-13/h6-9,15H,4-5,10-11H2,1-3H3,(H,16,17). The molecule has 0 aliphatic heterocycles. The van der Waals surface area contributed by atoms with Crippen molar-refractivity contribution in [1.82, 2.24) is 0 Å². The fraction of sp³-hybridized carbons (Fsp3) is 0.533. The minimum Gasteiger partial charge on any atom is -0.352 e. The van der Waals surface area contributed by atoms with Gasteiger partial charge in [0.2, 0.25) is 5.91 Å². The Morgan fingerprint density at radius 2 is 2.00 bits per heavy atom. The molecule has 0 unspecified atom stereocenters. The van der Waals surface area contributed by atoms with Gasteiger partial charge >= 0.3 is 0 Å². The van der Waals surface area contributed by atoms with Crippen molar-refractivity contribution < 1.29 is 14.3 Å². The highest BCUT2D eigenvalue weighted by Gasteiger charge is 2.10. The van der Waals surface area contributed by atoms with E-state index >= 15 is 0 Å². The van der Waals surface area contributed by atoms with Crippen LogP contribution in [0.5, 0.6) is 0 Å². The molecule has 1 N–H and O–H groups in total. The molecule has 0 saturated carbocycles. The second-order valence-electron chi connectivity index (χ2n) is 4.27. The first kappa shape index (κ1) is 17.0. The van der Waals surface area contributed by atoms with Gasteiger partial charge in [0.15, 0.2) is 6.29 Å². The monoisotopic (exact) mass is 297 g/mol. The molecule has 0 spiro atoms. The van der Waals surface area contributed by atoms with E-state index in [0.717, 1.165) is 11.3 Å². The topological polar surface area (TPSA) is 47.6 Å². The Bertz CT molecular complexity index is 406. The Kier molecular flexibility index (Phi) is 8.34. The molecule has 0 heterocycles. The molecular weight excluding hydrogens is 274 g/mol. The molecule has 1 aromatic rings. The normalized spacial score (nSPS) is 10.8. The van der Waals surface area contributed by atoms with Crippen LogP contribution in [0.3, 0.4) is 0 Å². The van der Waals surface area contributed by atoms with Crippen molar-refractivity contribution in [3.05, 3.63) is 29.8 Å². The molecule has 0 saturated heterocycles. The Balaban J connectivity index is 2.28. The van der Waals surface area contributed by atoms with Crippen molar-refractivity contribution in [3.8, 4) is 0 Å². The zero-order valence-corrected chi connectivity index (χ0v) is 13.2. The van der Waals surface area contributed by atoms with E-state index < -0.39 is 0 Å². The maximum atomic E-state index is 11.8. The number of carbonyl (C=O) groups is 1. The van der Waals surface area contributed by atoms with Gasteiger partial charge in [0.05, 0.1) is 5.75 Å². The Morgan fingerprint density at radius 1 is 1.30 bits per heavy atom. The quantitative estimate of drug-likeness (QED) is 0.712. The van der Waals surface area contributed by atoms with Crippen molar-refractivity contribution in [2.75, 3.05) is 30.0 Å². The van der Waals surface area contributed by atoms with Crippen molar-refractivity contribution >= 4 is 23.4 Å². The summed E-state index contributed by atoms with van der Waals surface area (Å²) in [6.07, 6.45) is -0.234. The van der Waals surface area contributed by atoms with Crippen LogP contribution in [-0.2, 0) is 14.3 Å². The van der Waals surface area contributed by atoms with E-state index in [-0.39, 0.29) is 12.2 Å². The molecule has 0 aromatic heterocycles. The van der Waals surface area contributed by atoms with Crippen LogP contribution in [0.1, 0.15) is 19.4 Å². The molecule has 0 aliphatic rings. The molecule has 5 heteroatoms. The van der Waals surface area contributed by atoms with Crippen molar-refractivity contribution in [2.45, 2.75) is 27.1 Å². The van der Waals surface area contributed by atoms with Crippen LogP contribution in [0.15, 0.2) is 24.3 Å². The van der Waals surface area contributed by atoms with Crippen LogP contribution in [0.4, 0.5) is 5.69 Å². The molecule has 112 valence electrons. The summed E-state index contributed by atoms with van der Waals surface area (Å²) in [7, 11) is 0. The predicted octanol–water partition coefficient (Wildman–Crippen LogP) is 3.07. The van der Waals surface area contributed by atoms with Gasteiger partial charge in [-0.3, -0.25) is 4.79 Å². The summed E-state index contributed by atoms with van der Waals surface area (Å²) in [5, 5.41) is 2.88. The molecule has 1 amide bonds. The van der Waals surface area contributed by atoms with Crippen LogP contribution >= 0.6 is 11.8 Å². The zero-order chi connectivity index (χ0) is 14.8. The molecule has 20 heavy (non-hydrogen) atoms. The summed E-state index contributed by atoms with van der Waals surface area (Å²) < 4.78 is 10.8. The van der Waals surface area contributed by atoms with Crippen LogP contribution < -0.4 is 5.32 Å². The lowest BCUT2D eigenvalue weighted by Crippen LogP contribution is -2.22. The van der Waals surface area contributed by atoms with Gasteiger partial charge in [-0.15, -0.1) is 11.8 Å². The summed E-state index contributed by atoms with van der Waals surface area (Å²) in [5.74, 6) is 1.04. The number of aryl methyl sites for hydroxylation is 1.